The SMILES string of the molecule is COc1cc2c(cc1OCCCOc1cc3c(cc1C)C(=O)N1C=C(c4ccc(N)cc4)C[C@H]1C(S(=O)(=O)O)=C3)C=C[C@@H]1CC(c3ccc(C)cc3)=CN1C2=O. The molecule has 286 valence electrons. The molecule has 4 aliphatic heterocycles. The van der Waals surface area contributed by atoms with Gasteiger partial charge in [0.25, 0.3) is 21.9 Å². The first-order chi connectivity index (χ1) is 26.9. The lowest BCUT2D eigenvalue weighted by Gasteiger charge is -2.22. The maximum absolute atomic E-state index is 13.9. The number of nitrogen functional groups attached to an aromatic ring is 1. The van der Waals surface area contributed by atoms with E-state index >= 15 is 0 Å². The van der Waals surface area contributed by atoms with Crippen molar-refractivity contribution in [2.75, 3.05) is 26.1 Å². The molecule has 0 unspecified atom stereocenters. The van der Waals surface area contributed by atoms with Gasteiger partial charge in [-0.05, 0) is 102 Å². The number of anilines is 1. The molecule has 2 amide bonds. The summed E-state index contributed by atoms with van der Waals surface area (Å²) in [6.07, 6.45) is 10.4. The molecule has 56 heavy (non-hydrogen) atoms. The van der Waals surface area contributed by atoms with Gasteiger partial charge in [-0.15, -0.1) is 0 Å². The van der Waals surface area contributed by atoms with Crippen molar-refractivity contribution < 1.29 is 36.8 Å². The highest BCUT2D eigenvalue weighted by atomic mass is 32.2. The van der Waals surface area contributed by atoms with Crippen LogP contribution in [0.25, 0.3) is 23.3 Å². The largest absolute Gasteiger partial charge is 0.493 e. The average molecular weight is 772 g/mol. The summed E-state index contributed by atoms with van der Waals surface area (Å²) in [6.45, 7) is 4.40. The number of benzene rings is 4. The molecule has 0 saturated carbocycles. The van der Waals surface area contributed by atoms with E-state index in [0.29, 0.717) is 51.6 Å². The third-order valence-corrected chi connectivity index (χ3v) is 11.7. The van der Waals surface area contributed by atoms with E-state index in [0.717, 1.165) is 34.3 Å². The Labute approximate surface area is 325 Å². The van der Waals surface area contributed by atoms with E-state index in [-0.39, 0.29) is 42.4 Å². The van der Waals surface area contributed by atoms with Crippen molar-refractivity contribution in [3.63, 3.8) is 0 Å². The normalized spacial score (nSPS) is 18.5. The summed E-state index contributed by atoms with van der Waals surface area (Å²) in [5, 5.41) is 0. The summed E-state index contributed by atoms with van der Waals surface area (Å²) in [4.78, 5) is 30.5. The molecule has 0 fully saturated rings. The van der Waals surface area contributed by atoms with Gasteiger partial charge in [0.05, 0.1) is 42.9 Å². The molecule has 4 heterocycles. The smallest absolute Gasteiger partial charge is 0.292 e. The summed E-state index contributed by atoms with van der Waals surface area (Å²) in [7, 11) is -3.13. The van der Waals surface area contributed by atoms with Crippen LogP contribution in [0.4, 0.5) is 5.69 Å². The number of carbonyl (C=O) groups excluding carboxylic acids is 2. The van der Waals surface area contributed by atoms with Crippen LogP contribution in [-0.2, 0) is 10.1 Å². The third-order valence-electron chi connectivity index (χ3n) is 10.7. The number of methoxy groups -OCH3 is 1. The molecule has 0 spiro atoms. The van der Waals surface area contributed by atoms with E-state index in [1.54, 1.807) is 41.4 Å². The van der Waals surface area contributed by atoms with E-state index in [2.05, 4.69) is 37.3 Å². The highest BCUT2D eigenvalue weighted by Gasteiger charge is 2.40. The zero-order valence-electron chi connectivity index (χ0n) is 31.2. The monoisotopic (exact) mass is 771 g/mol. The fourth-order valence-corrected chi connectivity index (χ4v) is 8.48. The number of carbonyl (C=O) groups is 2. The first-order valence-corrected chi connectivity index (χ1v) is 19.8. The van der Waals surface area contributed by atoms with Crippen molar-refractivity contribution >= 4 is 50.9 Å². The second kappa shape index (κ2) is 14.5. The molecule has 0 saturated heterocycles. The zero-order valence-corrected chi connectivity index (χ0v) is 32.0. The standard InChI is InChI=1S/C44H41N3O8S/c1-26-5-7-28(8-6-26)32-18-35-14-11-30-20-41(40(53-3)23-37(30)43(48)46(35)24-32)55-16-4-15-54-39-21-31-22-42(56(50,51)52)38-19-33(29-9-12-34(45)13-10-29)25-47(38)44(49)36(31)17-27(39)2/h5-14,17,20-25,35,38H,4,15-16,18-19,45H2,1-3H3,(H,50,51,52)/t35-,38+/m1/s1. The van der Waals surface area contributed by atoms with Crippen molar-refractivity contribution in [1.29, 1.82) is 0 Å². The van der Waals surface area contributed by atoms with E-state index in [1.165, 1.54) is 23.6 Å². The number of aryl methyl sites for hydroxylation is 2. The van der Waals surface area contributed by atoms with Crippen LogP contribution in [0.15, 0.2) is 96.2 Å². The Morgan fingerprint density at radius 2 is 1.38 bits per heavy atom. The number of fused-ring (bicyclic) bond motifs is 4. The third kappa shape index (κ3) is 6.97. The molecule has 8 rings (SSSR count). The van der Waals surface area contributed by atoms with Gasteiger partial charge >= 0.3 is 0 Å². The van der Waals surface area contributed by atoms with Gasteiger partial charge in [-0.25, -0.2) is 0 Å². The molecule has 11 nitrogen and oxygen atoms in total. The van der Waals surface area contributed by atoms with Gasteiger partial charge < -0.3 is 29.7 Å². The highest BCUT2D eigenvalue weighted by molar-refractivity contribution is 7.90. The van der Waals surface area contributed by atoms with Crippen molar-refractivity contribution in [1.82, 2.24) is 9.80 Å². The Hall–Kier alpha value is -6.11. The van der Waals surface area contributed by atoms with Gasteiger partial charge in [-0.2, -0.15) is 8.42 Å². The van der Waals surface area contributed by atoms with Crippen LogP contribution < -0.4 is 19.9 Å². The first kappa shape index (κ1) is 36.8. The minimum atomic E-state index is -4.67. The Bertz CT molecular complexity index is 2500. The molecule has 12 heteroatoms. The Balaban J connectivity index is 0.947. The fraction of sp³-hybridized carbons (Fsp3) is 0.227. The average Bonchev–Trinajstić information content (AvgIpc) is 3.76. The summed E-state index contributed by atoms with van der Waals surface area (Å²) >= 11 is 0. The summed E-state index contributed by atoms with van der Waals surface area (Å²) in [5.41, 5.74) is 14.0. The lowest BCUT2D eigenvalue weighted by Crippen LogP contribution is -2.35. The van der Waals surface area contributed by atoms with Crippen LogP contribution in [0.3, 0.4) is 0 Å². The second-order valence-corrected chi connectivity index (χ2v) is 15.9. The van der Waals surface area contributed by atoms with Crippen molar-refractivity contribution in [3.05, 3.63) is 141 Å². The van der Waals surface area contributed by atoms with Gasteiger partial charge in [0.1, 0.15) is 5.75 Å². The maximum Gasteiger partial charge on any atom is 0.292 e. The Morgan fingerprint density at radius 3 is 2.07 bits per heavy atom. The predicted octanol–water partition coefficient (Wildman–Crippen LogP) is 7.52. The van der Waals surface area contributed by atoms with Crippen molar-refractivity contribution in [2.45, 2.75) is 45.2 Å². The van der Waals surface area contributed by atoms with Crippen LogP contribution in [-0.4, -0.2) is 67.0 Å². The number of nitrogens with zero attached hydrogens (tertiary/aromatic N) is 2. The van der Waals surface area contributed by atoms with E-state index in [4.69, 9.17) is 19.9 Å². The van der Waals surface area contributed by atoms with Crippen LogP contribution in [0, 0.1) is 13.8 Å². The molecular weight excluding hydrogens is 731 g/mol. The summed E-state index contributed by atoms with van der Waals surface area (Å²) in [6, 6.07) is 21.3. The lowest BCUT2D eigenvalue weighted by molar-refractivity contribution is 0.0798. The molecule has 3 N–H and O–H groups in total. The van der Waals surface area contributed by atoms with Gasteiger partial charge in [0.15, 0.2) is 11.5 Å². The molecule has 0 aliphatic carbocycles. The number of nitrogens with two attached hydrogens (primary N) is 1. The molecule has 4 aromatic carbocycles. The minimum absolute atomic E-state index is 0.0921. The molecule has 4 aromatic rings. The van der Waals surface area contributed by atoms with Gasteiger partial charge in [0, 0.05) is 36.5 Å². The number of hydrogen-bond donors (Lipinski definition) is 2. The van der Waals surface area contributed by atoms with Gasteiger partial charge in [-0.3, -0.25) is 14.1 Å². The fourth-order valence-electron chi connectivity index (χ4n) is 7.66. The van der Waals surface area contributed by atoms with E-state index in [9.17, 15) is 22.6 Å². The second-order valence-electron chi connectivity index (χ2n) is 14.4. The van der Waals surface area contributed by atoms with Crippen LogP contribution in [0.2, 0.25) is 0 Å². The summed E-state index contributed by atoms with van der Waals surface area (Å²) in [5.74, 6) is 0.915. The number of ether oxygens (including phenoxy) is 3. The molecule has 2 atom stereocenters. The lowest BCUT2D eigenvalue weighted by atomic mass is 10.0. The Kier molecular flexibility index (Phi) is 9.55. The number of hydrogen-bond acceptors (Lipinski definition) is 8. The molecule has 4 aliphatic rings. The Morgan fingerprint density at radius 1 is 0.768 bits per heavy atom. The predicted molar refractivity (Wildman–Crippen MR) is 215 cm³/mol. The summed E-state index contributed by atoms with van der Waals surface area (Å²) < 4.78 is 53.6. The first-order valence-electron chi connectivity index (χ1n) is 18.4. The van der Waals surface area contributed by atoms with E-state index in [1.807, 2.05) is 37.4 Å². The molecule has 0 radical (unpaired) electrons. The van der Waals surface area contributed by atoms with Crippen molar-refractivity contribution in [2.24, 2.45) is 0 Å². The molecule has 0 aromatic heterocycles. The minimum Gasteiger partial charge on any atom is -0.493 e. The van der Waals surface area contributed by atoms with Crippen LogP contribution in [0.5, 0.6) is 17.2 Å². The van der Waals surface area contributed by atoms with Gasteiger partial charge in [0.2, 0.25) is 0 Å². The number of rotatable bonds is 10. The maximum atomic E-state index is 13.9. The topological polar surface area (TPSA) is 149 Å². The quantitative estimate of drug-likeness (QED) is 0.0949. The molecule has 0 bridgehead atoms. The van der Waals surface area contributed by atoms with E-state index < -0.39 is 16.2 Å². The van der Waals surface area contributed by atoms with Crippen molar-refractivity contribution in [3.8, 4) is 17.2 Å². The zero-order chi connectivity index (χ0) is 39.3. The van der Waals surface area contributed by atoms with Crippen LogP contribution in [0.1, 0.15) is 73.4 Å². The number of amides is 2. The van der Waals surface area contributed by atoms with Crippen LogP contribution >= 0.6 is 0 Å². The molecular formula is C44H41N3O8S. The highest BCUT2D eigenvalue weighted by Crippen LogP contribution is 2.41. The van der Waals surface area contributed by atoms with Gasteiger partial charge in [-0.1, -0.05) is 54.1 Å².